The van der Waals surface area contributed by atoms with Crippen LogP contribution in [0.3, 0.4) is 0 Å². The van der Waals surface area contributed by atoms with Crippen molar-refractivity contribution in [3.63, 3.8) is 0 Å². The molecule has 0 fully saturated rings. The third kappa shape index (κ3) is 3.86. The molecule has 0 saturated carbocycles. The average molecular weight is 289 g/mol. The Morgan fingerprint density at radius 2 is 2.05 bits per heavy atom. The first-order valence-electron chi connectivity index (χ1n) is 6.29. The van der Waals surface area contributed by atoms with Gasteiger partial charge in [-0.3, -0.25) is 4.79 Å². The predicted molar refractivity (Wildman–Crippen MR) is 73.4 cm³/mol. The van der Waals surface area contributed by atoms with Crippen molar-refractivity contribution in [2.45, 2.75) is 12.6 Å². The van der Waals surface area contributed by atoms with Crippen molar-refractivity contribution < 1.29 is 14.7 Å². The molecule has 0 aliphatic rings. The summed E-state index contributed by atoms with van der Waals surface area (Å²) in [4.78, 5) is 22.5. The molecule has 8 nitrogen and oxygen atoms in total. The van der Waals surface area contributed by atoms with Crippen molar-refractivity contribution in [3.8, 4) is 0 Å². The van der Waals surface area contributed by atoms with E-state index in [1.807, 2.05) is 18.2 Å². The minimum absolute atomic E-state index is 0.137. The van der Waals surface area contributed by atoms with Crippen molar-refractivity contribution in [1.29, 1.82) is 0 Å². The molecule has 110 valence electrons. The number of nitrogens with zero attached hydrogens (tertiary/aromatic N) is 3. The second-order valence-electron chi connectivity index (χ2n) is 4.35. The molecule has 1 heterocycles. The summed E-state index contributed by atoms with van der Waals surface area (Å²) >= 11 is 0. The highest BCUT2D eigenvalue weighted by atomic mass is 16.4. The van der Waals surface area contributed by atoms with Gasteiger partial charge in [0, 0.05) is 6.54 Å². The highest BCUT2D eigenvalue weighted by molar-refractivity contribution is 5.84. The Bertz CT molecular complexity index is 626. The van der Waals surface area contributed by atoms with Crippen LogP contribution in [0.4, 0.5) is 0 Å². The van der Waals surface area contributed by atoms with Gasteiger partial charge in [0.2, 0.25) is 5.91 Å². The van der Waals surface area contributed by atoms with Gasteiger partial charge in [0.15, 0.2) is 5.69 Å². The van der Waals surface area contributed by atoms with Crippen molar-refractivity contribution in [2.24, 2.45) is 5.73 Å². The molecular weight excluding hydrogens is 274 g/mol. The number of nitrogens with two attached hydrogens (primary N) is 1. The summed E-state index contributed by atoms with van der Waals surface area (Å²) in [6, 6.07) is 8.29. The van der Waals surface area contributed by atoms with E-state index in [0.29, 0.717) is 6.54 Å². The zero-order valence-corrected chi connectivity index (χ0v) is 11.1. The monoisotopic (exact) mass is 289 g/mol. The average Bonchev–Trinajstić information content (AvgIpc) is 2.96. The Balaban J connectivity index is 1.82. The molecule has 0 aliphatic heterocycles. The van der Waals surface area contributed by atoms with E-state index < -0.39 is 12.0 Å². The van der Waals surface area contributed by atoms with Crippen LogP contribution in [0.25, 0.3) is 0 Å². The smallest absolute Gasteiger partial charge is 0.358 e. The van der Waals surface area contributed by atoms with Gasteiger partial charge in [-0.2, -0.15) is 0 Å². The third-order valence-corrected chi connectivity index (χ3v) is 2.84. The Labute approximate surface area is 120 Å². The number of carbonyl (C=O) groups is 2. The van der Waals surface area contributed by atoms with Gasteiger partial charge < -0.3 is 16.2 Å². The number of hydrogen-bond donors (Lipinski definition) is 3. The minimum Gasteiger partial charge on any atom is -0.476 e. The van der Waals surface area contributed by atoms with E-state index in [4.69, 9.17) is 10.8 Å². The molecule has 0 unspecified atom stereocenters. The third-order valence-electron chi connectivity index (χ3n) is 2.84. The predicted octanol–water partition coefficient (Wildman–Crippen LogP) is -0.207. The Kier molecular flexibility index (Phi) is 4.62. The van der Waals surface area contributed by atoms with Gasteiger partial charge in [0.05, 0.1) is 12.7 Å². The number of carboxylic acids is 1. The standard InChI is InChI=1S/C13H15N5O3/c14-11(9-4-2-1-3-5-9)12(19)15-6-7-18-8-10(13(20)21)16-17-18/h1-5,8,11H,6-7,14H2,(H,15,19)(H,20,21)/t11-/m1/s1. The molecule has 21 heavy (non-hydrogen) atoms. The summed E-state index contributed by atoms with van der Waals surface area (Å²) in [6.07, 6.45) is 1.30. The molecule has 0 aliphatic carbocycles. The number of hydrogen-bond acceptors (Lipinski definition) is 5. The molecule has 2 aromatic rings. The lowest BCUT2D eigenvalue weighted by Crippen LogP contribution is -2.35. The van der Waals surface area contributed by atoms with Crippen LogP contribution in [0.2, 0.25) is 0 Å². The molecule has 0 spiro atoms. The highest BCUT2D eigenvalue weighted by Crippen LogP contribution is 2.08. The molecule has 0 saturated heterocycles. The number of amides is 1. The van der Waals surface area contributed by atoms with Gasteiger partial charge in [0.25, 0.3) is 0 Å². The van der Waals surface area contributed by atoms with Crippen LogP contribution in [0.1, 0.15) is 22.1 Å². The number of benzene rings is 1. The maximum absolute atomic E-state index is 11.9. The van der Waals surface area contributed by atoms with Crippen molar-refractivity contribution in [2.75, 3.05) is 6.54 Å². The fourth-order valence-electron chi connectivity index (χ4n) is 1.72. The van der Waals surface area contributed by atoms with E-state index in [9.17, 15) is 9.59 Å². The summed E-state index contributed by atoms with van der Waals surface area (Å²) in [5.74, 6) is -1.45. The van der Waals surface area contributed by atoms with Crippen LogP contribution in [-0.4, -0.2) is 38.5 Å². The fraction of sp³-hybridized carbons (Fsp3) is 0.231. The molecule has 8 heteroatoms. The summed E-state index contributed by atoms with van der Waals surface area (Å²) in [7, 11) is 0. The van der Waals surface area contributed by atoms with Crippen LogP contribution >= 0.6 is 0 Å². The highest BCUT2D eigenvalue weighted by Gasteiger charge is 2.15. The van der Waals surface area contributed by atoms with Crippen LogP contribution in [0.15, 0.2) is 36.5 Å². The number of aromatic nitrogens is 3. The lowest BCUT2D eigenvalue weighted by atomic mass is 10.1. The van der Waals surface area contributed by atoms with Gasteiger partial charge in [-0.1, -0.05) is 35.5 Å². The largest absolute Gasteiger partial charge is 0.476 e. The topological polar surface area (TPSA) is 123 Å². The van der Waals surface area contributed by atoms with Gasteiger partial charge >= 0.3 is 5.97 Å². The van der Waals surface area contributed by atoms with E-state index in [2.05, 4.69) is 15.6 Å². The number of aromatic carboxylic acids is 1. The van der Waals surface area contributed by atoms with E-state index in [1.54, 1.807) is 12.1 Å². The summed E-state index contributed by atoms with van der Waals surface area (Å²) in [6.45, 7) is 0.593. The lowest BCUT2D eigenvalue weighted by molar-refractivity contribution is -0.122. The quantitative estimate of drug-likeness (QED) is 0.676. The number of rotatable bonds is 6. The Hall–Kier alpha value is -2.74. The molecule has 1 aromatic heterocycles. The number of carboxylic acid groups (broad SMARTS) is 1. The molecule has 0 bridgehead atoms. The second-order valence-corrected chi connectivity index (χ2v) is 4.35. The normalized spacial score (nSPS) is 11.9. The SMILES string of the molecule is N[C@@H](C(=O)NCCn1cc(C(=O)O)nn1)c1ccccc1. The van der Waals surface area contributed by atoms with Crippen molar-refractivity contribution >= 4 is 11.9 Å². The zero-order chi connectivity index (χ0) is 15.2. The molecular formula is C13H15N5O3. The van der Waals surface area contributed by atoms with Crippen LogP contribution in [0, 0.1) is 0 Å². The summed E-state index contributed by atoms with van der Waals surface area (Å²) in [5.41, 5.74) is 6.43. The lowest BCUT2D eigenvalue weighted by Gasteiger charge is -2.12. The van der Waals surface area contributed by atoms with E-state index >= 15 is 0 Å². The van der Waals surface area contributed by atoms with Crippen LogP contribution < -0.4 is 11.1 Å². The first-order valence-corrected chi connectivity index (χ1v) is 6.29. The molecule has 0 radical (unpaired) electrons. The summed E-state index contributed by atoms with van der Waals surface area (Å²) in [5, 5.41) is 18.5. The van der Waals surface area contributed by atoms with Gasteiger partial charge in [-0.25, -0.2) is 9.48 Å². The first-order chi connectivity index (χ1) is 10.1. The van der Waals surface area contributed by atoms with E-state index in [0.717, 1.165) is 5.56 Å². The summed E-state index contributed by atoms with van der Waals surface area (Å²) < 4.78 is 1.35. The van der Waals surface area contributed by atoms with Crippen molar-refractivity contribution in [1.82, 2.24) is 20.3 Å². The second kappa shape index (κ2) is 6.62. The van der Waals surface area contributed by atoms with E-state index in [1.165, 1.54) is 10.9 Å². The fourth-order valence-corrected chi connectivity index (χ4v) is 1.72. The zero-order valence-electron chi connectivity index (χ0n) is 11.1. The Morgan fingerprint density at radius 3 is 2.67 bits per heavy atom. The van der Waals surface area contributed by atoms with E-state index in [-0.39, 0.29) is 18.1 Å². The van der Waals surface area contributed by atoms with Gasteiger partial charge in [-0.05, 0) is 5.56 Å². The first kappa shape index (κ1) is 14.7. The van der Waals surface area contributed by atoms with Gasteiger partial charge in [0.1, 0.15) is 6.04 Å². The van der Waals surface area contributed by atoms with Gasteiger partial charge in [-0.15, -0.1) is 5.10 Å². The molecule has 2 rings (SSSR count). The number of carbonyl (C=O) groups excluding carboxylic acids is 1. The van der Waals surface area contributed by atoms with Crippen LogP contribution in [0.5, 0.6) is 0 Å². The van der Waals surface area contributed by atoms with Crippen molar-refractivity contribution in [3.05, 3.63) is 47.8 Å². The maximum atomic E-state index is 11.9. The maximum Gasteiger partial charge on any atom is 0.358 e. The number of nitrogens with one attached hydrogen (secondary N) is 1. The molecule has 4 N–H and O–H groups in total. The molecule has 1 amide bonds. The Morgan fingerprint density at radius 1 is 1.33 bits per heavy atom. The van der Waals surface area contributed by atoms with Crippen LogP contribution in [-0.2, 0) is 11.3 Å². The molecule has 1 aromatic carbocycles. The molecule has 1 atom stereocenters. The minimum atomic E-state index is -1.14.